The average Bonchev–Trinajstić information content (AvgIpc) is 3.32. The number of esters is 1. The molecule has 32 heavy (non-hydrogen) atoms. The van der Waals surface area contributed by atoms with Gasteiger partial charge in [-0.25, -0.2) is 13.6 Å². The summed E-state index contributed by atoms with van der Waals surface area (Å²) in [6.45, 7) is 6.43. The summed E-state index contributed by atoms with van der Waals surface area (Å²) in [6.07, 6.45) is 0.934. The summed E-state index contributed by atoms with van der Waals surface area (Å²) >= 11 is 0. The number of ether oxygens (including phenoxy) is 1. The van der Waals surface area contributed by atoms with Crippen molar-refractivity contribution in [1.29, 1.82) is 0 Å². The molecule has 1 aliphatic heterocycles. The zero-order valence-corrected chi connectivity index (χ0v) is 17.6. The van der Waals surface area contributed by atoms with Crippen LogP contribution in [0.1, 0.15) is 43.2 Å². The smallest absolute Gasteiger partial charge is 0.360 e. The molecule has 3 aromatic rings. The van der Waals surface area contributed by atoms with Crippen molar-refractivity contribution in [2.45, 2.75) is 33.6 Å². The lowest BCUT2D eigenvalue weighted by Crippen LogP contribution is -2.31. The second-order valence-electron chi connectivity index (χ2n) is 8.93. The topological polar surface area (TPSA) is 62.4 Å². The molecule has 0 bridgehead atoms. The molecule has 168 valence electrons. The molecule has 0 unspecified atom stereocenters. The Hall–Kier alpha value is -3.36. The molecule has 4 rings (SSSR count). The van der Waals surface area contributed by atoms with E-state index in [0.717, 1.165) is 11.3 Å². The third kappa shape index (κ3) is 3.83. The first kappa shape index (κ1) is 21.9. The minimum atomic E-state index is -1.80. The van der Waals surface area contributed by atoms with E-state index >= 15 is 0 Å². The monoisotopic (exact) mass is 448 g/mol. The van der Waals surface area contributed by atoms with Gasteiger partial charge >= 0.3 is 5.97 Å². The molecule has 1 amide bonds. The maximum atomic E-state index is 13.8. The van der Waals surface area contributed by atoms with Gasteiger partial charge in [0.2, 0.25) is 23.3 Å². The molecule has 1 aliphatic rings. The number of aromatic amines is 1. The molecule has 0 aliphatic carbocycles. The van der Waals surface area contributed by atoms with Gasteiger partial charge in [-0.05, 0) is 35.6 Å². The summed E-state index contributed by atoms with van der Waals surface area (Å²) < 4.78 is 59.1. The van der Waals surface area contributed by atoms with Crippen LogP contribution >= 0.6 is 0 Å². The van der Waals surface area contributed by atoms with Crippen LogP contribution in [0.2, 0.25) is 0 Å². The number of nitrogens with zero attached hydrogens (tertiary/aromatic N) is 1. The van der Waals surface area contributed by atoms with Gasteiger partial charge in [0.25, 0.3) is 0 Å². The van der Waals surface area contributed by atoms with E-state index in [1.165, 1.54) is 6.07 Å². The van der Waals surface area contributed by atoms with Crippen LogP contribution in [-0.2, 0) is 11.2 Å². The lowest BCUT2D eigenvalue weighted by Gasteiger charge is -2.23. The molecule has 0 fully saturated rings. The highest BCUT2D eigenvalue weighted by atomic mass is 19.2. The molecule has 9 heteroatoms. The van der Waals surface area contributed by atoms with Crippen molar-refractivity contribution in [2.24, 2.45) is 5.41 Å². The fraction of sp³-hybridized carbons (Fsp3) is 0.304. The molecule has 5 nitrogen and oxygen atoms in total. The summed E-state index contributed by atoms with van der Waals surface area (Å²) in [6, 6.07) is 4.90. The zero-order chi connectivity index (χ0) is 23.4. The maximum absolute atomic E-state index is 13.8. The number of hydrogen-bond acceptors (Lipinski definition) is 3. The predicted molar refractivity (Wildman–Crippen MR) is 110 cm³/mol. The summed E-state index contributed by atoms with van der Waals surface area (Å²) in [5.41, 5.74) is 1.79. The lowest BCUT2D eigenvalue weighted by atomic mass is 9.91. The summed E-state index contributed by atoms with van der Waals surface area (Å²) in [4.78, 5) is 29.6. The zero-order valence-electron chi connectivity index (χ0n) is 17.6. The first-order chi connectivity index (χ1) is 15.0. The molecule has 0 spiro atoms. The van der Waals surface area contributed by atoms with E-state index in [0.29, 0.717) is 30.3 Å². The molecule has 2 aromatic carbocycles. The molecule has 0 saturated carbocycles. The number of fused-ring (bicyclic) bond motifs is 3. The lowest BCUT2D eigenvalue weighted by molar-refractivity contribution is -0.120. The Labute approximate surface area is 181 Å². The van der Waals surface area contributed by atoms with E-state index in [1.54, 1.807) is 17.0 Å². The predicted octanol–water partition coefficient (Wildman–Crippen LogP) is 5.27. The van der Waals surface area contributed by atoms with Crippen LogP contribution in [0.3, 0.4) is 0 Å². The molecular formula is C23H20F4N2O3. The maximum Gasteiger partial charge on any atom is 0.360 e. The quantitative estimate of drug-likeness (QED) is 0.257. The standard InChI is InChI=1S/C23H20F4N2O3/c1-23(2,3)10-18(30)29-7-6-11-12-8-16(28-15(12)4-5-17(11)29)22(31)32-21-19(26)13(24)9-14(25)20(21)27/h4-5,8-9,28H,6-7,10H2,1-3H3. The van der Waals surface area contributed by atoms with Crippen LogP contribution in [0.4, 0.5) is 23.2 Å². The van der Waals surface area contributed by atoms with Crippen LogP contribution in [0.5, 0.6) is 5.75 Å². The van der Waals surface area contributed by atoms with Crippen molar-refractivity contribution < 1.29 is 31.9 Å². The van der Waals surface area contributed by atoms with E-state index in [1.807, 2.05) is 20.8 Å². The van der Waals surface area contributed by atoms with E-state index in [-0.39, 0.29) is 23.1 Å². The van der Waals surface area contributed by atoms with Gasteiger partial charge in [-0.3, -0.25) is 4.79 Å². The molecule has 0 radical (unpaired) electrons. The summed E-state index contributed by atoms with van der Waals surface area (Å²) in [5.74, 6) is -9.64. The highest BCUT2D eigenvalue weighted by molar-refractivity contribution is 6.03. The first-order valence-electron chi connectivity index (χ1n) is 9.96. The number of benzene rings is 2. The Balaban J connectivity index is 1.65. The Kier molecular flexibility index (Phi) is 5.22. The fourth-order valence-corrected chi connectivity index (χ4v) is 3.82. The summed E-state index contributed by atoms with van der Waals surface area (Å²) in [5, 5.41) is 0.645. The van der Waals surface area contributed by atoms with E-state index in [9.17, 15) is 27.2 Å². The number of aromatic nitrogens is 1. The second kappa shape index (κ2) is 7.65. The van der Waals surface area contributed by atoms with Gasteiger partial charge in [-0.1, -0.05) is 20.8 Å². The highest BCUT2D eigenvalue weighted by Crippen LogP contribution is 2.36. The largest absolute Gasteiger partial charge is 0.415 e. The number of carbonyl (C=O) groups excluding carboxylic acids is 2. The Morgan fingerprint density at radius 1 is 1.06 bits per heavy atom. The summed E-state index contributed by atoms with van der Waals surface area (Å²) in [7, 11) is 0. The number of anilines is 1. The van der Waals surface area contributed by atoms with Gasteiger partial charge in [-0.15, -0.1) is 0 Å². The number of halogens is 4. The van der Waals surface area contributed by atoms with Gasteiger partial charge < -0.3 is 14.6 Å². The molecule has 0 atom stereocenters. The van der Waals surface area contributed by atoms with Crippen molar-refractivity contribution in [3.8, 4) is 5.75 Å². The van der Waals surface area contributed by atoms with Crippen LogP contribution < -0.4 is 9.64 Å². The Morgan fingerprint density at radius 3 is 2.34 bits per heavy atom. The fourth-order valence-electron chi connectivity index (χ4n) is 3.82. The second-order valence-corrected chi connectivity index (χ2v) is 8.93. The van der Waals surface area contributed by atoms with Gasteiger partial charge in [-0.2, -0.15) is 8.78 Å². The third-order valence-electron chi connectivity index (χ3n) is 5.24. The number of nitrogens with one attached hydrogen (secondary N) is 1. The SMILES string of the molecule is CC(C)(C)CC(=O)N1CCc2c1ccc1[nH]c(C(=O)Oc3c(F)c(F)cc(F)c3F)cc21. The van der Waals surface area contributed by atoms with Gasteiger partial charge in [0, 0.05) is 35.6 Å². The van der Waals surface area contributed by atoms with Crippen LogP contribution in [0.15, 0.2) is 24.3 Å². The number of hydrogen-bond donors (Lipinski definition) is 1. The first-order valence-corrected chi connectivity index (χ1v) is 9.96. The minimum absolute atomic E-state index is 0.00940. The number of H-pyrrole nitrogens is 1. The van der Waals surface area contributed by atoms with E-state index < -0.39 is 35.0 Å². The van der Waals surface area contributed by atoms with Crippen LogP contribution in [0.25, 0.3) is 10.9 Å². The number of rotatable bonds is 3. The van der Waals surface area contributed by atoms with Gasteiger partial charge in [0.05, 0.1) is 0 Å². The average molecular weight is 448 g/mol. The molecule has 0 saturated heterocycles. The Morgan fingerprint density at radius 2 is 1.72 bits per heavy atom. The molecule has 1 aromatic heterocycles. The normalized spacial score (nSPS) is 13.5. The Bertz CT molecular complexity index is 1230. The third-order valence-corrected chi connectivity index (χ3v) is 5.24. The van der Waals surface area contributed by atoms with Crippen molar-refractivity contribution in [3.05, 3.63) is 58.8 Å². The van der Waals surface area contributed by atoms with E-state index in [2.05, 4.69) is 9.72 Å². The van der Waals surface area contributed by atoms with E-state index in [4.69, 9.17) is 0 Å². The van der Waals surface area contributed by atoms with Crippen molar-refractivity contribution in [2.75, 3.05) is 11.4 Å². The molecule has 1 N–H and O–H groups in total. The van der Waals surface area contributed by atoms with Crippen molar-refractivity contribution in [1.82, 2.24) is 4.98 Å². The minimum Gasteiger partial charge on any atom is -0.415 e. The molecule has 2 heterocycles. The highest BCUT2D eigenvalue weighted by Gasteiger charge is 2.30. The van der Waals surface area contributed by atoms with Crippen LogP contribution in [-0.4, -0.2) is 23.4 Å². The van der Waals surface area contributed by atoms with Crippen molar-refractivity contribution >= 4 is 28.5 Å². The van der Waals surface area contributed by atoms with Gasteiger partial charge in [0.1, 0.15) is 5.69 Å². The van der Waals surface area contributed by atoms with Crippen molar-refractivity contribution in [3.63, 3.8) is 0 Å². The van der Waals surface area contributed by atoms with Crippen LogP contribution in [0, 0.1) is 28.7 Å². The van der Waals surface area contributed by atoms with Gasteiger partial charge in [0.15, 0.2) is 11.6 Å². The number of carbonyl (C=O) groups is 2. The number of amides is 1. The molecular weight excluding hydrogens is 428 g/mol.